The number of ether oxygens (including phenoxy) is 1. The third-order valence-electron chi connectivity index (χ3n) is 16.1. The fourth-order valence-corrected chi connectivity index (χ4v) is 14.1. The van der Waals surface area contributed by atoms with Gasteiger partial charge in [-0.1, -0.05) is 38.1 Å². The number of likely N-dealkylation sites (N-methyl/N-ethyl adjacent to an activating group) is 2. The van der Waals surface area contributed by atoms with Crippen molar-refractivity contribution in [2.24, 2.45) is 11.3 Å². The second-order valence-corrected chi connectivity index (χ2v) is 18.9. The lowest BCUT2D eigenvalue weighted by atomic mass is 9.47. The normalized spacial score (nSPS) is 41.6. The Morgan fingerprint density at radius 2 is 1.80 bits per heavy atom. The summed E-state index contributed by atoms with van der Waals surface area (Å²) in [6.07, 6.45) is 7.61. The number of ketones is 1. The van der Waals surface area contributed by atoms with Crippen LogP contribution in [0.5, 0.6) is 5.75 Å². The molecule has 0 amide bonds. The van der Waals surface area contributed by atoms with E-state index in [1.165, 1.54) is 29.4 Å². The summed E-state index contributed by atoms with van der Waals surface area (Å²) in [5, 5.41) is 37.2. The van der Waals surface area contributed by atoms with Gasteiger partial charge in [0.15, 0.2) is 11.4 Å². The van der Waals surface area contributed by atoms with Crippen LogP contribution in [0.3, 0.4) is 0 Å². The van der Waals surface area contributed by atoms with E-state index in [2.05, 4.69) is 98.1 Å². The molecule has 7 aliphatic rings. The van der Waals surface area contributed by atoms with Crippen LogP contribution in [-0.2, 0) is 15.6 Å². The fourth-order valence-electron chi connectivity index (χ4n) is 14.1. The van der Waals surface area contributed by atoms with Crippen LogP contribution in [-0.4, -0.2) is 121 Å². The minimum absolute atomic E-state index is 0.0953. The Morgan fingerprint density at radius 1 is 1.04 bits per heavy atom. The highest BCUT2D eigenvalue weighted by molar-refractivity contribution is 5.91. The van der Waals surface area contributed by atoms with Crippen molar-refractivity contribution in [2.45, 2.75) is 106 Å². The summed E-state index contributed by atoms with van der Waals surface area (Å²) in [6, 6.07) is 12.8. The van der Waals surface area contributed by atoms with Crippen LogP contribution in [0.15, 0.2) is 54.2 Å². The highest BCUT2D eigenvalue weighted by atomic mass is 16.5. The van der Waals surface area contributed by atoms with E-state index in [9.17, 15) is 20.1 Å². The molecule has 9 rings (SSSR count). The quantitative estimate of drug-likeness (QED) is 0.292. The zero-order chi connectivity index (χ0) is 38.4. The average molecular weight is 738 g/mol. The summed E-state index contributed by atoms with van der Waals surface area (Å²) >= 11 is 0. The molecular weight excluding hydrogens is 677 g/mol. The SMILES string of the molecule is CCC1(O)CC2CN(CCC3=C(C(C)(c4cc5c(cc4OC)N(C)C4C(O)(C(C)=O)C(O)C6(CC)C=CCN7CCC54C76)C2)[N+](C)(C)c2ccccc23)C1. The highest BCUT2D eigenvalue weighted by Gasteiger charge is 2.78. The van der Waals surface area contributed by atoms with Gasteiger partial charge in [0.05, 0.1) is 38.3 Å². The second-order valence-electron chi connectivity index (χ2n) is 18.9. The van der Waals surface area contributed by atoms with E-state index in [-0.39, 0.29) is 17.7 Å². The van der Waals surface area contributed by atoms with Gasteiger partial charge in [0.25, 0.3) is 0 Å². The van der Waals surface area contributed by atoms with Gasteiger partial charge in [0.2, 0.25) is 0 Å². The molecule has 2 bridgehead atoms. The molecule has 1 aliphatic carbocycles. The lowest BCUT2D eigenvalue weighted by molar-refractivity contribution is -0.200. The van der Waals surface area contributed by atoms with Gasteiger partial charge in [-0.15, -0.1) is 0 Å². The van der Waals surface area contributed by atoms with Gasteiger partial charge in [0, 0.05) is 84.6 Å². The standard InChI is InChI=1S/C45H61N4O5/c1-9-42(52)25-29-24-41(4,37-31(16-20-47(26-29)27-42)30-14-11-12-15-35(30)49(37,6)7)33-22-32-34(23-36(33)54-8)46(5)39-44(32)18-21-48-19-13-17-43(10-2,38(44)48)40(51)45(39,53)28(3)50/h11-15,17,22-23,29,38-40,51-53H,9-10,16,18-21,24-27H2,1-8H3/q+1. The van der Waals surface area contributed by atoms with Gasteiger partial charge in [-0.2, -0.15) is 0 Å². The maximum atomic E-state index is 13.9. The number of methoxy groups -OCH3 is 1. The van der Waals surface area contributed by atoms with Crippen molar-refractivity contribution in [3.8, 4) is 5.75 Å². The van der Waals surface area contributed by atoms with Crippen molar-refractivity contribution < 1.29 is 24.9 Å². The number of rotatable bonds is 5. The molecular formula is C45H61N4O5+. The van der Waals surface area contributed by atoms with Gasteiger partial charge < -0.3 is 25.0 Å². The molecule has 10 atom stereocenters. The number of piperidine rings is 1. The zero-order valence-corrected chi connectivity index (χ0v) is 33.7. The molecule has 9 heteroatoms. The molecule has 2 aromatic carbocycles. The minimum Gasteiger partial charge on any atom is -0.496 e. The Balaban J connectivity index is 1.32. The second kappa shape index (κ2) is 11.7. The largest absolute Gasteiger partial charge is 0.496 e. The van der Waals surface area contributed by atoms with Gasteiger partial charge in [0.1, 0.15) is 23.2 Å². The number of carbonyl (C=O) groups is 1. The number of aliphatic hydroxyl groups excluding tert-OH is 1. The van der Waals surface area contributed by atoms with Crippen LogP contribution in [0.4, 0.5) is 11.4 Å². The van der Waals surface area contributed by atoms with E-state index in [1.54, 1.807) is 7.11 Å². The Morgan fingerprint density at radius 3 is 2.50 bits per heavy atom. The molecule has 54 heavy (non-hydrogen) atoms. The monoisotopic (exact) mass is 737 g/mol. The number of quaternary nitrogens is 1. The Labute approximate surface area is 321 Å². The number of anilines is 1. The number of Topliss-reactive ketones (excluding diaryl/α,β-unsaturated/α-hetero) is 1. The van der Waals surface area contributed by atoms with E-state index < -0.39 is 39.6 Å². The van der Waals surface area contributed by atoms with E-state index in [0.29, 0.717) is 17.4 Å². The van der Waals surface area contributed by atoms with Crippen LogP contribution in [0, 0.1) is 11.3 Å². The van der Waals surface area contributed by atoms with Crippen LogP contribution < -0.4 is 14.1 Å². The number of allylic oxidation sites excluding steroid dienone is 1. The molecule has 1 spiro atoms. The molecule has 9 nitrogen and oxygen atoms in total. The number of benzene rings is 2. The molecule has 2 aromatic rings. The Kier molecular flexibility index (Phi) is 7.96. The first-order valence-corrected chi connectivity index (χ1v) is 20.5. The molecule has 6 heterocycles. The first-order chi connectivity index (χ1) is 25.6. The van der Waals surface area contributed by atoms with Crippen molar-refractivity contribution in [2.75, 3.05) is 65.9 Å². The van der Waals surface area contributed by atoms with Gasteiger partial charge >= 0.3 is 0 Å². The molecule has 2 saturated heterocycles. The number of aliphatic hydroxyl groups is 3. The third kappa shape index (κ3) is 4.34. The fraction of sp³-hybridized carbons (Fsp3) is 0.622. The Hall–Kier alpha value is -3.05. The van der Waals surface area contributed by atoms with Gasteiger partial charge in [-0.3, -0.25) is 19.1 Å². The summed E-state index contributed by atoms with van der Waals surface area (Å²) < 4.78 is 7.12. The Bertz CT molecular complexity index is 1990. The molecule has 0 aromatic heterocycles. The van der Waals surface area contributed by atoms with E-state index in [1.807, 2.05) is 7.05 Å². The first-order valence-electron chi connectivity index (χ1n) is 20.5. The van der Waals surface area contributed by atoms with Crippen LogP contribution in [0.25, 0.3) is 5.57 Å². The predicted octanol–water partition coefficient (Wildman–Crippen LogP) is 4.99. The first kappa shape index (κ1) is 36.6. The van der Waals surface area contributed by atoms with Crippen molar-refractivity contribution in [1.29, 1.82) is 0 Å². The smallest absolute Gasteiger partial charge is 0.170 e. The number of nitrogens with zero attached hydrogens (tertiary/aromatic N) is 4. The molecule has 290 valence electrons. The summed E-state index contributed by atoms with van der Waals surface area (Å²) in [5.74, 6) is 0.660. The topological polar surface area (TPSA) is 96.7 Å². The maximum absolute atomic E-state index is 13.9. The number of hydrogen-bond acceptors (Lipinski definition) is 8. The van der Waals surface area contributed by atoms with Crippen molar-refractivity contribution >= 4 is 22.7 Å². The van der Waals surface area contributed by atoms with Gasteiger partial charge in [-0.05, 0) is 82.5 Å². The summed E-state index contributed by atoms with van der Waals surface area (Å²) in [4.78, 5) is 21.0. The van der Waals surface area contributed by atoms with Crippen LogP contribution in [0.1, 0.15) is 82.9 Å². The predicted molar refractivity (Wildman–Crippen MR) is 214 cm³/mol. The summed E-state index contributed by atoms with van der Waals surface area (Å²) in [6.45, 7) is 12.3. The molecule has 1 saturated carbocycles. The van der Waals surface area contributed by atoms with Crippen molar-refractivity contribution in [3.05, 3.63) is 70.9 Å². The summed E-state index contributed by atoms with van der Waals surface area (Å²) in [5.41, 5.74) is 3.99. The third-order valence-corrected chi connectivity index (χ3v) is 16.1. The molecule has 10 unspecified atom stereocenters. The van der Waals surface area contributed by atoms with E-state index in [4.69, 9.17) is 4.74 Å². The van der Waals surface area contributed by atoms with E-state index in [0.717, 1.165) is 80.8 Å². The average Bonchev–Trinajstić information content (AvgIpc) is 3.75. The molecule has 0 radical (unpaired) electrons. The molecule has 3 fully saturated rings. The minimum atomic E-state index is -1.98. The lowest BCUT2D eigenvalue weighted by Crippen LogP contribution is -2.80. The molecule has 3 N–H and O–H groups in total. The zero-order valence-electron chi connectivity index (χ0n) is 33.7. The van der Waals surface area contributed by atoms with E-state index >= 15 is 0 Å². The van der Waals surface area contributed by atoms with Crippen molar-refractivity contribution in [1.82, 2.24) is 14.3 Å². The number of hydrogen-bond donors (Lipinski definition) is 3. The van der Waals surface area contributed by atoms with Gasteiger partial charge in [-0.25, -0.2) is 0 Å². The highest BCUT2D eigenvalue weighted by Crippen LogP contribution is 2.68. The number of carbonyl (C=O) groups excluding carboxylic acids is 1. The van der Waals surface area contributed by atoms with Crippen LogP contribution >= 0.6 is 0 Å². The number of para-hydroxylation sites is 1. The maximum Gasteiger partial charge on any atom is 0.170 e. The van der Waals surface area contributed by atoms with Crippen molar-refractivity contribution in [3.63, 3.8) is 0 Å². The lowest BCUT2D eigenvalue weighted by Gasteiger charge is -2.63. The number of fused-ring (bicyclic) bond motifs is 5. The van der Waals surface area contributed by atoms with Crippen LogP contribution in [0.2, 0.25) is 0 Å². The summed E-state index contributed by atoms with van der Waals surface area (Å²) in [7, 11) is 8.43. The molecule has 6 aliphatic heterocycles.